The van der Waals surface area contributed by atoms with Crippen LogP contribution in [0.3, 0.4) is 0 Å². The zero-order chi connectivity index (χ0) is 17.6. The Morgan fingerprint density at radius 3 is 2.72 bits per heavy atom. The molecule has 0 fully saturated rings. The topological polar surface area (TPSA) is 57.5 Å². The summed E-state index contributed by atoms with van der Waals surface area (Å²) in [6.07, 6.45) is 4.32. The van der Waals surface area contributed by atoms with E-state index in [1.165, 1.54) is 38.2 Å². The normalized spacial score (nSPS) is 11.8. The first-order chi connectivity index (χ1) is 12.1. The number of nitrogens with one attached hydrogen (secondary N) is 1. The monoisotopic (exact) mass is 333 g/mol. The lowest BCUT2D eigenvalue weighted by atomic mass is 9.96. The Balaban J connectivity index is 2.00. The average molecular weight is 333 g/mol. The molecular weight excluding hydrogens is 308 g/mol. The number of hydrogen-bond donors (Lipinski definition) is 2. The highest BCUT2D eigenvalue weighted by Crippen LogP contribution is 2.36. The molecule has 128 valence electrons. The summed E-state index contributed by atoms with van der Waals surface area (Å²) in [5.74, 6) is 0. The molecule has 2 aromatic heterocycles. The zero-order valence-electron chi connectivity index (χ0n) is 15.2. The lowest BCUT2D eigenvalue weighted by molar-refractivity contribution is -0.365. The molecule has 0 atom stereocenters. The predicted molar refractivity (Wildman–Crippen MR) is 105 cm³/mol. The number of aryl methyl sites for hydroxylation is 3. The summed E-state index contributed by atoms with van der Waals surface area (Å²) in [6, 6.07) is 8.82. The number of aromatic nitrogens is 2. The van der Waals surface area contributed by atoms with E-state index in [0.717, 1.165) is 30.7 Å². The summed E-state index contributed by atoms with van der Waals surface area (Å²) in [5, 5.41) is 8.60. The molecule has 4 N–H and O–H groups in total. The maximum atomic E-state index is 4.95. The van der Waals surface area contributed by atoms with E-state index >= 15 is 0 Å². The van der Waals surface area contributed by atoms with Crippen molar-refractivity contribution in [2.45, 2.75) is 20.4 Å². The van der Waals surface area contributed by atoms with E-state index in [-0.39, 0.29) is 0 Å². The number of hydrogen-bond acceptors (Lipinski definition) is 2. The molecule has 0 aliphatic carbocycles. The Labute approximate surface area is 147 Å². The summed E-state index contributed by atoms with van der Waals surface area (Å²) in [5.41, 5.74) is 9.98. The van der Waals surface area contributed by atoms with Gasteiger partial charge in [0.1, 0.15) is 0 Å². The van der Waals surface area contributed by atoms with Gasteiger partial charge in [-0.15, -0.1) is 0 Å². The van der Waals surface area contributed by atoms with Crippen molar-refractivity contribution in [1.29, 1.82) is 0 Å². The van der Waals surface area contributed by atoms with Crippen molar-refractivity contribution in [2.75, 3.05) is 13.1 Å². The molecular formula is C21H25N4+. The molecule has 4 nitrogen and oxygen atoms in total. The molecule has 2 heterocycles. The Bertz CT molecular complexity index is 1090. The Kier molecular flexibility index (Phi) is 3.94. The molecule has 2 aromatic carbocycles. The second-order valence-corrected chi connectivity index (χ2v) is 6.90. The Hall–Kier alpha value is -2.43. The van der Waals surface area contributed by atoms with Gasteiger partial charge in [0.25, 0.3) is 0 Å². The van der Waals surface area contributed by atoms with Crippen molar-refractivity contribution in [3.63, 3.8) is 0 Å². The van der Waals surface area contributed by atoms with Crippen LogP contribution >= 0.6 is 0 Å². The van der Waals surface area contributed by atoms with Crippen molar-refractivity contribution < 1.29 is 5.73 Å². The van der Waals surface area contributed by atoms with E-state index in [9.17, 15) is 0 Å². The van der Waals surface area contributed by atoms with Crippen LogP contribution in [-0.4, -0.2) is 22.6 Å². The Morgan fingerprint density at radius 1 is 1.08 bits per heavy atom. The van der Waals surface area contributed by atoms with Crippen LogP contribution in [0.1, 0.15) is 16.7 Å². The van der Waals surface area contributed by atoms with Crippen molar-refractivity contribution in [3.05, 3.63) is 53.3 Å². The minimum absolute atomic E-state index is 0.874. The van der Waals surface area contributed by atoms with Gasteiger partial charge in [0, 0.05) is 48.7 Å². The van der Waals surface area contributed by atoms with E-state index in [4.69, 9.17) is 4.98 Å². The van der Waals surface area contributed by atoms with Gasteiger partial charge >= 0.3 is 0 Å². The molecule has 0 unspecified atom stereocenters. The summed E-state index contributed by atoms with van der Waals surface area (Å²) in [6.45, 7) is 7.13. The number of benzene rings is 2. The third-order valence-electron chi connectivity index (χ3n) is 5.12. The van der Waals surface area contributed by atoms with Crippen LogP contribution in [0.4, 0.5) is 0 Å². The van der Waals surface area contributed by atoms with E-state index in [1.807, 2.05) is 0 Å². The molecule has 0 bridgehead atoms. The van der Waals surface area contributed by atoms with Crippen molar-refractivity contribution in [3.8, 4) is 0 Å². The van der Waals surface area contributed by atoms with Gasteiger partial charge in [-0.2, -0.15) is 0 Å². The highest BCUT2D eigenvalue weighted by Gasteiger charge is 2.15. The van der Waals surface area contributed by atoms with Gasteiger partial charge in [-0.3, -0.25) is 0 Å². The molecule has 4 aromatic rings. The summed E-state index contributed by atoms with van der Waals surface area (Å²) >= 11 is 0. The SMILES string of the molecule is Cc1c2ccn(C)cc2c(C)c2c1nc1ccc(CNCC[NH3+])cc12. The number of fused-ring (bicyclic) bond motifs is 4. The molecule has 0 spiro atoms. The molecule has 0 radical (unpaired) electrons. The lowest BCUT2D eigenvalue weighted by Gasteiger charge is -2.10. The molecule has 25 heavy (non-hydrogen) atoms. The minimum atomic E-state index is 0.874. The fourth-order valence-electron chi connectivity index (χ4n) is 3.79. The minimum Gasteiger partial charge on any atom is -0.357 e. The van der Waals surface area contributed by atoms with E-state index < -0.39 is 0 Å². The maximum absolute atomic E-state index is 4.95. The smallest absolute Gasteiger partial charge is 0.0866 e. The quantitative estimate of drug-likeness (QED) is 0.564. The molecule has 0 saturated carbocycles. The second kappa shape index (κ2) is 6.14. The predicted octanol–water partition coefficient (Wildman–Crippen LogP) is 2.83. The van der Waals surface area contributed by atoms with Gasteiger partial charge in [-0.1, -0.05) is 6.07 Å². The molecule has 0 aliphatic heterocycles. The van der Waals surface area contributed by atoms with Gasteiger partial charge < -0.3 is 15.6 Å². The van der Waals surface area contributed by atoms with E-state index in [0.29, 0.717) is 0 Å². The first-order valence-corrected chi connectivity index (χ1v) is 8.87. The fraction of sp³-hybridized carbons (Fsp3) is 0.286. The van der Waals surface area contributed by atoms with Crippen LogP contribution in [0.5, 0.6) is 0 Å². The van der Waals surface area contributed by atoms with Crippen LogP contribution < -0.4 is 11.1 Å². The molecule has 0 aliphatic rings. The van der Waals surface area contributed by atoms with Crippen LogP contribution in [0.25, 0.3) is 32.6 Å². The number of rotatable bonds is 4. The largest absolute Gasteiger partial charge is 0.357 e. The highest BCUT2D eigenvalue weighted by atomic mass is 14.9. The summed E-state index contributed by atoms with van der Waals surface area (Å²) in [7, 11) is 2.08. The second-order valence-electron chi connectivity index (χ2n) is 6.90. The van der Waals surface area contributed by atoms with E-state index in [1.54, 1.807) is 0 Å². The van der Waals surface area contributed by atoms with Gasteiger partial charge in [0.05, 0.1) is 17.6 Å². The van der Waals surface area contributed by atoms with Crippen LogP contribution in [0.15, 0.2) is 36.7 Å². The molecule has 0 amide bonds. The summed E-state index contributed by atoms with van der Waals surface area (Å²) < 4.78 is 2.12. The zero-order valence-corrected chi connectivity index (χ0v) is 15.2. The van der Waals surface area contributed by atoms with Crippen molar-refractivity contribution in [1.82, 2.24) is 14.9 Å². The van der Waals surface area contributed by atoms with Gasteiger partial charge in [-0.05, 0) is 54.1 Å². The number of quaternary nitrogens is 1. The first-order valence-electron chi connectivity index (χ1n) is 8.87. The fourth-order valence-corrected chi connectivity index (χ4v) is 3.79. The van der Waals surface area contributed by atoms with Gasteiger partial charge in [0.15, 0.2) is 0 Å². The van der Waals surface area contributed by atoms with Crippen LogP contribution in [0.2, 0.25) is 0 Å². The van der Waals surface area contributed by atoms with Crippen LogP contribution in [-0.2, 0) is 13.6 Å². The van der Waals surface area contributed by atoms with Gasteiger partial charge in [0.2, 0.25) is 0 Å². The van der Waals surface area contributed by atoms with E-state index in [2.05, 4.69) is 73.2 Å². The van der Waals surface area contributed by atoms with Crippen molar-refractivity contribution in [2.24, 2.45) is 7.05 Å². The maximum Gasteiger partial charge on any atom is 0.0866 e. The average Bonchev–Trinajstić information content (AvgIpc) is 2.99. The molecule has 4 heteroatoms. The third kappa shape index (κ3) is 2.58. The first kappa shape index (κ1) is 16.1. The van der Waals surface area contributed by atoms with Crippen LogP contribution in [0, 0.1) is 13.8 Å². The lowest BCUT2D eigenvalue weighted by Crippen LogP contribution is -2.54. The van der Waals surface area contributed by atoms with Gasteiger partial charge in [-0.25, -0.2) is 4.98 Å². The highest BCUT2D eigenvalue weighted by molar-refractivity contribution is 6.16. The summed E-state index contributed by atoms with van der Waals surface area (Å²) in [4.78, 5) is 4.95. The number of pyridine rings is 1. The number of nitrogens with zero attached hydrogens (tertiary/aromatic N) is 2. The standard InChI is InChI=1S/C21H24N4/c1-13-18-12-25(3)9-6-16(18)14(2)21-20(13)17-10-15(11-23-8-7-22)4-5-19(17)24-21/h4-6,9-10,12,23H,7-8,11,22H2,1-3H3/p+1. The third-order valence-corrected chi connectivity index (χ3v) is 5.12. The molecule has 0 saturated heterocycles. The van der Waals surface area contributed by atoms with Crippen molar-refractivity contribution >= 4 is 32.6 Å². The Morgan fingerprint density at radius 2 is 1.92 bits per heavy atom. The molecule has 4 rings (SSSR count).